The van der Waals surface area contributed by atoms with Gasteiger partial charge >= 0.3 is 0 Å². The molecule has 174 valence electrons. The highest BCUT2D eigenvalue weighted by Gasteiger charge is 2.27. The summed E-state index contributed by atoms with van der Waals surface area (Å²) < 4.78 is 7.64. The summed E-state index contributed by atoms with van der Waals surface area (Å²) >= 11 is 7.57. The summed E-state index contributed by atoms with van der Waals surface area (Å²) in [5.41, 5.74) is 1.30. The molecule has 7 nitrogen and oxygen atoms in total. The van der Waals surface area contributed by atoms with Gasteiger partial charge in [0, 0.05) is 39.8 Å². The molecule has 1 saturated heterocycles. The van der Waals surface area contributed by atoms with E-state index in [0.717, 1.165) is 32.7 Å². The van der Waals surface area contributed by atoms with Crippen molar-refractivity contribution in [2.45, 2.75) is 30.5 Å². The van der Waals surface area contributed by atoms with Crippen LogP contribution in [0.15, 0.2) is 59.8 Å². The second-order valence-corrected chi connectivity index (χ2v) is 9.74. The smallest absolute Gasteiger partial charge is 0.235 e. The van der Waals surface area contributed by atoms with Gasteiger partial charge in [0.15, 0.2) is 11.0 Å². The number of hydrogen-bond acceptors (Lipinski definition) is 6. The van der Waals surface area contributed by atoms with Crippen LogP contribution in [-0.4, -0.2) is 61.9 Å². The van der Waals surface area contributed by atoms with Crippen molar-refractivity contribution in [3.8, 4) is 5.75 Å². The number of amides is 1. The summed E-state index contributed by atoms with van der Waals surface area (Å²) in [5.74, 6) is 1.41. The third kappa shape index (κ3) is 6.07. The van der Waals surface area contributed by atoms with E-state index >= 15 is 0 Å². The average molecular weight is 486 g/mol. The lowest BCUT2D eigenvalue weighted by atomic mass is 10.2. The summed E-state index contributed by atoms with van der Waals surface area (Å²) in [6.07, 6.45) is 0. The van der Waals surface area contributed by atoms with E-state index in [9.17, 15) is 4.79 Å². The van der Waals surface area contributed by atoms with Crippen LogP contribution in [-0.2, 0) is 25.0 Å². The predicted molar refractivity (Wildman–Crippen MR) is 130 cm³/mol. The van der Waals surface area contributed by atoms with Crippen LogP contribution in [0.2, 0.25) is 5.02 Å². The predicted octanol–water partition coefficient (Wildman–Crippen LogP) is 3.87. The van der Waals surface area contributed by atoms with Gasteiger partial charge in [0.05, 0.1) is 10.3 Å². The third-order valence-electron chi connectivity index (χ3n) is 5.68. The fourth-order valence-electron chi connectivity index (χ4n) is 3.71. The number of hydrogen-bond donors (Lipinski definition) is 0. The van der Waals surface area contributed by atoms with E-state index in [1.54, 1.807) is 6.07 Å². The SMILES string of the molecule is CC(Sc1nnc(COc2ccccc2Cl)n1C)C(=O)N1CCN(Cc2ccccc2)CC1. The molecule has 0 bridgehead atoms. The number of benzene rings is 2. The molecule has 0 radical (unpaired) electrons. The number of nitrogens with zero attached hydrogens (tertiary/aromatic N) is 5. The van der Waals surface area contributed by atoms with Crippen molar-refractivity contribution in [1.82, 2.24) is 24.6 Å². The number of para-hydroxylation sites is 1. The van der Waals surface area contributed by atoms with E-state index in [-0.39, 0.29) is 17.8 Å². The summed E-state index contributed by atoms with van der Waals surface area (Å²) in [6, 6.07) is 17.8. The van der Waals surface area contributed by atoms with Gasteiger partial charge in [-0.05, 0) is 24.6 Å². The van der Waals surface area contributed by atoms with Gasteiger partial charge in [-0.15, -0.1) is 10.2 Å². The maximum absolute atomic E-state index is 13.0. The molecule has 33 heavy (non-hydrogen) atoms. The molecule has 1 aliphatic heterocycles. The van der Waals surface area contributed by atoms with Gasteiger partial charge in [0.1, 0.15) is 12.4 Å². The van der Waals surface area contributed by atoms with E-state index < -0.39 is 0 Å². The summed E-state index contributed by atoms with van der Waals surface area (Å²) in [5, 5.41) is 9.49. The number of halogens is 1. The van der Waals surface area contributed by atoms with Crippen LogP contribution in [0.5, 0.6) is 5.75 Å². The molecular weight excluding hydrogens is 458 g/mol. The molecule has 1 aliphatic rings. The van der Waals surface area contributed by atoms with Crippen molar-refractivity contribution in [3.05, 3.63) is 71.0 Å². The molecule has 0 aliphatic carbocycles. The maximum Gasteiger partial charge on any atom is 0.235 e. The van der Waals surface area contributed by atoms with Gasteiger partial charge in [-0.2, -0.15) is 0 Å². The van der Waals surface area contributed by atoms with Gasteiger partial charge in [-0.25, -0.2) is 0 Å². The minimum Gasteiger partial charge on any atom is -0.484 e. The molecule has 1 fully saturated rings. The molecule has 1 aromatic heterocycles. The quantitative estimate of drug-likeness (QED) is 0.451. The summed E-state index contributed by atoms with van der Waals surface area (Å²) in [7, 11) is 1.88. The van der Waals surface area contributed by atoms with Crippen molar-refractivity contribution in [3.63, 3.8) is 0 Å². The molecule has 1 unspecified atom stereocenters. The molecule has 1 atom stereocenters. The van der Waals surface area contributed by atoms with Crippen LogP contribution in [0.3, 0.4) is 0 Å². The monoisotopic (exact) mass is 485 g/mol. The van der Waals surface area contributed by atoms with E-state index in [4.69, 9.17) is 16.3 Å². The Morgan fingerprint density at radius 2 is 1.76 bits per heavy atom. The molecule has 9 heteroatoms. The molecule has 3 aromatic rings. The molecule has 0 spiro atoms. The van der Waals surface area contributed by atoms with Gasteiger partial charge in [0.2, 0.25) is 5.91 Å². The zero-order valence-corrected chi connectivity index (χ0v) is 20.4. The first-order chi connectivity index (χ1) is 16.0. The van der Waals surface area contributed by atoms with E-state index in [0.29, 0.717) is 21.8 Å². The normalized spacial score (nSPS) is 15.4. The number of ether oxygens (including phenoxy) is 1. The number of aromatic nitrogens is 3. The maximum atomic E-state index is 13.0. The van der Waals surface area contributed by atoms with Gasteiger partial charge < -0.3 is 14.2 Å². The third-order valence-corrected chi connectivity index (χ3v) is 7.12. The lowest BCUT2D eigenvalue weighted by Crippen LogP contribution is -2.50. The first-order valence-electron chi connectivity index (χ1n) is 11.0. The van der Waals surface area contributed by atoms with Crippen molar-refractivity contribution in [1.29, 1.82) is 0 Å². The number of rotatable bonds is 8. The van der Waals surface area contributed by atoms with Gasteiger partial charge in [-0.1, -0.05) is 65.8 Å². The Balaban J connectivity index is 1.27. The number of piperazine rings is 1. The molecule has 0 N–H and O–H groups in total. The van der Waals surface area contributed by atoms with Crippen LogP contribution in [0.25, 0.3) is 0 Å². The zero-order valence-electron chi connectivity index (χ0n) is 18.9. The highest BCUT2D eigenvalue weighted by atomic mass is 35.5. The zero-order chi connectivity index (χ0) is 23.2. The Morgan fingerprint density at radius 1 is 1.06 bits per heavy atom. The molecule has 1 amide bonds. The van der Waals surface area contributed by atoms with Gasteiger partial charge in [-0.3, -0.25) is 9.69 Å². The lowest BCUT2D eigenvalue weighted by Gasteiger charge is -2.35. The highest BCUT2D eigenvalue weighted by molar-refractivity contribution is 8.00. The van der Waals surface area contributed by atoms with Crippen LogP contribution in [0.1, 0.15) is 18.3 Å². The van der Waals surface area contributed by atoms with Crippen LogP contribution in [0.4, 0.5) is 0 Å². The Bertz CT molecular complexity index is 1070. The molecule has 0 saturated carbocycles. The van der Waals surface area contributed by atoms with Crippen molar-refractivity contribution in [2.24, 2.45) is 7.05 Å². The lowest BCUT2D eigenvalue weighted by molar-refractivity contribution is -0.132. The Morgan fingerprint density at radius 3 is 2.48 bits per heavy atom. The molecule has 2 heterocycles. The number of thioether (sulfide) groups is 1. The van der Waals surface area contributed by atoms with Gasteiger partial charge in [0.25, 0.3) is 0 Å². The molecule has 4 rings (SSSR count). The molecule has 2 aromatic carbocycles. The standard InChI is InChI=1S/C24H28ClN5O2S/c1-18(23(31)30-14-12-29(13-15-30)16-19-8-4-3-5-9-19)33-24-27-26-22(28(24)2)17-32-21-11-7-6-10-20(21)25/h3-11,18H,12-17H2,1-2H3. The Hall–Kier alpha value is -2.55. The van der Waals surface area contributed by atoms with Crippen LogP contribution in [0, 0.1) is 0 Å². The topological polar surface area (TPSA) is 63.5 Å². The van der Waals surface area contributed by atoms with Crippen molar-refractivity contribution < 1.29 is 9.53 Å². The summed E-state index contributed by atoms with van der Waals surface area (Å²) in [4.78, 5) is 17.4. The van der Waals surface area contributed by atoms with Crippen LogP contribution >= 0.6 is 23.4 Å². The first-order valence-corrected chi connectivity index (χ1v) is 12.2. The minimum atomic E-state index is -0.245. The highest BCUT2D eigenvalue weighted by Crippen LogP contribution is 2.26. The number of carbonyl (C=O) groups excluding carboxylic acids is 1. The Kier molecular flexibility index (Phi) is 7.90. The van der Waals surface area contributed by atoms with E-state index in [1.165, 1.54) is 17.3 Å². The fourth-order valence-corrected chi connectivity index (χ4v) is 4.82. The second kappa shape index (κ2) is 11.0. The van der Waals surface area contributed by atoms with E-state index in [2.05, 4.69) is 39.4 Å². The number of carbonyl (C=O) groups is 1. The Labute approximate surface area is 203 Å². The van der Waals surface area contributed by atoms with Crippen molar-refractivity contribution in [2.75, 3.05) is 26.2 Å². The largest absolute Gasteiger partial charge is 0.484 e. The fraction of sp³-hybridized carbons (Fsp3) is 0.375. The minimum absolute atomic E-state index is 0.135. The van der Waals surface area contributed by atoms with E-state index in [1.807, 2.05) is 47.7 Å². The second-order valence-electron chi connectivity index (χ2n) is 8.02. The molecular formula is C24H28ClN5O2S. The van der Waals surface area contributed by atoms with Crippen molar-refractivity contribution >= 4 is 29.3 Å². The average Bonchev–Trinajstić information content (AvgIpc) is 3.18. The first kappa shape index (κ1) is 23.6. The summed E-state index contributed by atoms with van der Waals surface area (Å²) in [6.45, 7) is 6.35. The van der Waals surface area contributed by atoms with Crippen LogP contribution < -0.4 is 4.74 Å².